The Balaban J connectivity index is 1.99. The third-order valence-corrected chi connectivity index (χ3v) is 4.04. The van der Waals surface area contributed by atoms with Crippen LogP contribution in [0.4, 0.5) is 5.69 Å². The number of hydrogen-bond donors (Lipinski definition) is 3. The smallest absolute Gasteiger partial charge is 0.241 e. The van der Waals surface area contributed by atoms with Gasteiger partial charge in [-0.25, -0.2) is 0 Å². The Morgan fingerprint density at radius 2 is 1.95 bits per heavy atom. The fourth-order valence-corrected chi connectivity index (χ4v) is 2.58. The molecule has 0 aliphatic carbocycles. The van der Waals surface area contributed by atoms with Gasteiger partial charge in [0.2, 0.25) is 11.8 Å². The lowest BCUT2D eigenvalue weighted by molar-refractivity contribution is -0.119. The highest BCUT2D eigenvalue weighted by Gasteiger charge is 2.16. The van der Waals surface area contributed by atoms with Gasteiger partial charge in [-0.15, -0.1) is 0 Å². The first-order chi connectivity index (χ1) is 10.5. The predicted octanol–water partition coefficient (Wildman–Crippen LogP) is 0.248. The van der Waals surface area contributed by atoms with Crippen molar-refractivity contribution in [3.63, 3.8) is 0 Å². The minimum absolute atomic E-state index is 0.116. The van der Waals surface area contributed by atoms with E-state index in [0.29, 0.717) is 0 Å². The van der Waals surface area contributed by atoms with Gasteiger partial charge in [0.05, 0.1) is 6.04 Å². The van der Waals surface area contributed by atoms with Crippen LogP contribution in [0.15, 0.2) is 18.2 Å². The number of nitrogens with two attached hydrogens (primary N) is 2. The maximum atomic E-state index is 12.0. The van der Waals surface area contributed by atoms with Gasteiger partial charge >= 0.3 is 0 Å². The van der Waals surface area contributed by atoms with Crippen molar-refractivity contribution in [2.45, 2.75) is 31.7 Å². The third-order valence-electron chi connectivity index (χ3n) is 4.04. The SMILES string of the molecule is CN1CCc2ccc(NC(=O)C(N)CCC(N)=O)cc2CC1. The van der Waals surface area contributed by atoms with Crippen molar-refractivity contribution in [2.24, 2.45) is 11.5 Å². The summed E-state index contributed by atoms with van der Waals surface area (Å²) in [4.78, 5) is 25.1. The Morgan fingerprint density at radius 3 is 2.64 bits per heavy atom. The van der Waals surface area contributed by atoms with Crippen LogP contribution in [0.2, 0.25) is 0 Å². The maximum absolute atomic E-state index is 12.0. The number of carbonyl (C=O) groups excluding carboxylic acids is 2. The number of fused-ring (bicyclic) bond motifs is 1. The van der Waals surface area contributed by atoms with Gasteiger partial charge in [-0.1, -0.05) is 6.07 Å². The molecule has 1 aromatic carbocycles. The molecular weight excluding hydrogens is 280 g/mol. The van der Waals surface area contributed by atoms with Crippen LogP contribution < -0.4 is 16.8 Å². The fourth-order valence-electron chi connectivity index (χ4n) is 2.58. The predicted molar refractivity (Wildman–Crippen MR) is 86.4 cm³/mol. The molecule has 0 radical (unpaired) electrons. The van der Waals surface area contributed by atoms with Gasteiger partial charge in [-0.05, 0) is 49.6 Å². The van der Waals surface area contributed by atoms with E-state index in [9.17, 15) is 9.59 Å². The Morgan fingerprint density at radius 1 is 1.27 bits per heavy atom. The number of nitrogens with one attached hydrogen (secondary N) is 1. The van der Waals surface area contributed by atoms with Crippen molar-refractivity contribution < 1.29 is 9.59 Å². The van der Waals surface area contributed by atoms with Gasteiger partial charge in [0.15, 0.2) is 0 Å². The van der Waals surface area contributed by atoms with Crippen LogP contribution in [0, 0.1) is 0 Å². The summed E-state index contributed by atoms with van der Waals surface area (Å²) in [5.41, 5.74) is 14.2. The number of hydrogen-bond acceptors (Lipinski definition) is 4. The van der Waals surface area contributed by atoms with E-state index in [1.807, 2.05) is 12.1 Å². The van der Waals surface area contributed by atoms with Gasteiger partial charge in [-0.3, -0.25) is 9.59 Å². The molecule has 2 rings (SSSR count). The largest absolute Gasteiger partial charge is 0.370 e. The minimum Gasteiger partial charge on any atom is -0.370 e. The van der Waals surface area contributed by atoms with Gasteiger partial charge in [0.1, 0.15) is 0 Å². The number of nitrogens with zero attached hydrogens (tertiary/aromatic N) is 1. The second-order valence-electron chi connectivity index (χ2n) is 5.89. The Labute approximate surface area is 130 Å². The van der Waals surface area contributed by atoms with E-state index >= 15 is 0 Å². The molecule has 1 aliphatic rings. The highest BCUT2D eigenvalue weighted by molar-refractivity contribution is 5.95. The summed E-state index contributed by atoms with van der Waals surface area (Å²) in [6.07, 6.45) is 2.38. The van der Waals surface area contributed by atoms with Crippen molar-refractivity contribution in [2.75, 3.05) is 25.5 Å². The fraction of sp³-hybridized carbons (Fsp3) is 0.500. The Bertz CT molecular complexity index is 559. The van der Waals surface area contributed by atoms with E-state index in [1.165, 1.54) is 11.1 Å². The minimum atomic E-state index is -0.725. The molecule has 5 N–H and O–H groups in total. The van der Waals surface area contributed by atoms with Crippen molar-refractivity contribution in [1.82, 2.24) is 4.90 Å². The van der Waals surface area contributed by atoms with Crippen LogP contribution in [0.25, 0.3) is 0 Å². The number of benzene rings is 1. The molecule has 0 bridgehead atoms. The summed E-state index contributed by atoms with van der Waals surface area (Å²) >= 11 is 0. The van der Waals surface area contributed by atoms with Crippen molar-refractivity contribution in [3.05, 3.63) is 29.3 Å². The van der Waals surface area contributed by atoms with E-state index < -0.39 is 11.9 Å². The topological polar surface area (TPSA) is 101 Å². The van der Waals surface area contributed by atoms with Crippen LogP contribution in [-0.4, -0.2) is 42.9 Å². The quantitative estimate of drug-likeness (QED) is 0.725. The monoisotopic (exact) mass is 304 g/mol. The van der Waals surface area contributed by atoms with Crippen LogP contribution >= 0.6 is 0 Å². The molecule has 0 fully saturated rings. The van der Waals surface area contributed by atoms with Crippen molar-refractivity contribution >= 4 is 17.5 Å². The van der Waals surface area contributed by atoms with Gasteiger partial charge in [0.25, 0.3) is 0 Å². The van der Waals surface area contributed by atoms with Gasteiger partial charge in [-0.2, -0.15) is 0 Å². The molecular formula is C16H24N4O2. The molecule has 1 aromatic rings. The molecule has 22 heavy (non-hydrogen) atoms. The Kier molecular flexibility index (Phi) is 5.51. The molecule has 6 heteroatoms. The highest BCUT2D eigenvalue weighted by atomic mass is 16.2. The van der Waals surface area contributed by atoms with Gasteiger partial charge < -0.3 is 21.7 Å². The lowest BCUT2D eigenvalue weighted by Crippen LogP contribution is -2.36. The molecule has 6 nitrogen and oxygen atoms in total. The molecule has 0 saturated carbocycles. The van der Waals surface area contributed by atoms with Crippen LogP contribution in [0.5, 0.6) is 0 Å². The normalized spacial score (nSPS) is 16.5. The lowest BCUT2D eigenvalue weighted by atomic mass is 10.0. The van der Waals surface area contributed by atoms with Crippen molar-refractivity contribution in [1.29, 1.82) is 0 Å². The summed E-state index contributed by atoms with van der Waals surface area (Å²) in [5, 5.41) is 2.82. The molecule has 0 aromatic heterocycles. The zero-order valence-electron chi connectivity index (χ0n) is 13.0. The number of likely N-dealkylation sites (N-methyl/N-ethyl adjacent to an activating group) is 1. The first-order valence-corrected chi connectivity index (χ1v) is 7.61. The zero-order valence-corrected chi connectivity index (χ0v) is 13.0. The summed E-state index contributed by atoms with van der Waals surface area (Å²) in [6.45, 7) is 2.07. The molecule has 1 aliphatic heterocycles. The lowest BCUT2D eigenvalue weighted by Gasteiger charge is -2.13. The van der Waals surface area contributed by atoms with E-state index in [0.717, 1.165) is 31.6 Å². The molecule has 0 saturated heterocycles. The van der Waals surface area contributed by atoms with E-state index in [-0.39, 0.29) is 18.7 Å². The molecule has 120 valence electrons. The first kappa shape index (κ1) is 16.5. The molecule has 2 amide bonds. The number of anilines is 1. The zero-order chi connectivity index (χ0) is 16.1. The summed E-state index contributed by atoms with van der Waals surface area (Å²) < 4.78 is 0. The number of amides is 2. The number of rotatable bonds is 5. The summed E-state index contributed by atoms with van der Waals surface area (Å²) in [7, 11) is 2.12. The summed E-state index contributed by atoms with van der Waals surface area (Å²) in [6, 6.07) is 5.27. The average Bonchev–Trinajstić information content (AvgIpc) is 2.66. The van der Waals surface area contributed by atoms with Crippen LogP contribution in [-0.2, 0) is 22.4 Å². The molecule has 1 unspecified atom stereocenters. The highest BCUT2D eigenvalue weighted by Crippen LogP contribution is 2.20. The van der Waals surface area contributed by atoms with Gasteiger partial charge in [0, 0.05) is 25.2 Å². The molecule has 0 spiro atoms. The average molecular weight is 304 g/mol. The standard InChI is InChI=1S/C16H24N4O2/c1-20-8-6-11-2-3-13(10-12(11)7-9-20)19-16(22)14(17)4-5-15(18)21/h2-3,10,14H,4-9,17H2,1H3,(H2,18,21)(H,19,22). The first-order valence-electron chi connectivity index (χ1n) is 7.61. The number of primary amides is 1. The second-order valence-corrected chi connectivity index (χ2v) is 5.89. The maximum Gasteiger partial charge on any atom is 0.241 e. The van der Waals surface area contributed by atoms with Crippen molar-refractivity contribution in [3.8, 4) is 0 Å². The summed E-state index contributed by atoms with van der Waals surface area (Å²) in [5.74, 6) is -0.732. The second kappa shape index (κ2) is 7.38. The van der Waals surface area contributed by atoms with Crippen LogP contribution in [0.1, 0.15) is 24.0 Å². The van der Waals surface area contributed by atoms with E-state index in [1.54, 1.807) is 0 Å². The van der Waals surface area contributed by atoms with E-state index in [4.69, 9.17) is 11.5 Å². The van der Waals surface area contributed by atoms with Crippen LogP contribution in [0.3, 0.4) is 0 Å². The Hall–Kier alpha value is -1.92. The third kappa shape index (κ3) is 4.54. The molecule has 1 atom stereocenters. The number of carbonyl (C=O) groups is 2. The molecule has 1 heterocycles. The van der Waals surface area contributed by atoms with E-state index in [2.05, 4.69) is 23.3 Å².